The molecule has 1 rings (SSSR count). The topological polar surface area (TPSA) is 84.0 Å². The molecule has 26 heavy (non-hydrogen) atoms. The Balaban J connectivity index is 0.00000625. The van der Waals surface area contributed by atoms with E-state index in [1.165, 1.54) is 0 Å². The number of carbonyl (C=O) groups excluding carboxylic acids is 1. The lowest BCUT2D eigenvalue weighted by Gasteiger charge is -2.19. The van der Waals surface area contributed by atoms with E-state index >= 15 is 0 Å². The van der Waals surface area contributed by atoms with Crippen LogP contribution in [-0.2, 0) is 4.79 Å². The van der Waals surface area contributed by atoms with E-state index in [-0.39, 0.29) is 42.0 Å². The highest BCUT2D eigenvalue weighted by Crippen LogP contribution is 2.26. The fourth-order valence-corrected chi connectivity index (χ4v) is 2.12. The molecule has 3 N–H and O–H groups in total. The zero-order valence-electron chi connectivity index (χ0n) is 16.2. The van der Waals surface area contributed by atoms with Gasteiger partial charge in [-0.1, -0.05) is 12.1 Å². The number of para-hydroxylation sites is 2. The molecule has 0 spiro atoms. The third-order valence-electron chi connectivity index (χ3n) is 3.27. The van der Waals surface area contributed by atoms with E-state index in [2.05, 4.69) is 20.9 Å². The highest BCUT2D eigenvalue weighted by atomic mass is 127. The van der Waals surface area contributed by atoms with Crippen LogP contribution in [0.2, 0.25) is 0 Å². The summed E-state index contributed by atoms with van der Waals surface area (Å²) in [6, 6.07) is 7.68. The van der Waals surface area contributed by atoms with Gasteiger partial charge in [0.15, 0.2) is 17.5 Å². The number of hydrogen-bond donors (Lipinski definition) is 3. The second-order valence-corrected chi connectivity index (χ2v) is 5.93. The van der Waals surface area contributed by atoms with Crippen LogP contribution in [0.3, 0.4) is 0 Å². The maximum absolute atomic E-state index is 11.6. The smallest absolute Gasteiger partial charge is 0.221 e. The summed E-state index contributed by atoms with van der Waals surface area (Å²) in [7, 11) is 3.31. The van der Waals surface area contributed by atoms with E-state index in [4.69, 9.17) is 9.47 Å². The van der Waals surface area contributed by atoms with Crippen molar-refractivity contribution in [3.8, 4) is 11.5 Å². The molecular weight excluding hydrogens is 447 g/mol. The number of hydrogen-bond acceptors (Lipinski definition) is 4. The van der Waals surface area contributed by atoms with E-state index in [1.807, 2.05) is 45.0 Å². The third-order valence-corrected chi connectivity index (χ3v) is 3.27. The molecule has 1 aromatic carbocycles. The number of methoxy groups -OCH3 is 1. The fraction of sp³-hybridized carbons (Fsp3) is 0.556. The van der Waals surface area contributed by atoms with Gasteiger partial charge in [0, 0.05) is 26.1 Å². The summed E-state index contributed by atoms with van der Waals surface area (Å²) in [6.45, 7) is 6.92. The average Bonchev–Trinajstić information content (AvgIpc) is 2.57. The molecule has 148 valence electrons. The van der Waals surface area contributed by atoms with Crippen LogP contribution in [-0.4, -0.2) is 51.3 Å². The Bertz CT molecular complexity index is 567. The molecule has 8 heteroatoms. The zero-order valence-corrected chi connectivity index (χ0v) is 18.5. The van der Waals surface area contributed by atoms with Crippen LogP contribution in [0, 0.1) is 0 Å². The Morgan fingerprint density at radius 3 is 2.38 bits per heavy atom. The van der Waals surface area contributed by atoms with Crippen molar-refractivity contribution < 1.29 is 14.3 Å². The van der Waals surface area contributed by atoms with E-state index in [0.29, 0.717) is 37.0 Å². The number of ether oxygens (including phenoxy) is 2. The Hall–Kier alpha value is -1.71. The molecule has 1 amide bonds. The molecule has 0 radical (unpaired) electrons. The average molecular weight is 478 g/mol. The van der Waals surface area contributed by atoms with Crippen LogP contribution >= 0.6 is 24.0 Å². The molecule has 1 atom stereocenters. The first kappa shape index (κ1) is 24.3. The molecule has 1 aromatic rings. The lowest BCUT2D eigenvalue weighted by atomic mass is 10.3. The van der Waals surface area contributed by atoms with Crippen LogP contribution in [0.5, 0.6) is 11.5 Å². The summed E-state index contributed by atoms with van der Waals surface area (Å²) >= 11 is 0. The van der Waals surface area contributed by atoms with Gasteiger partial charge in [0.25, 0.3) is 0 Å². The van der Waals surface area contributed by atoms with E-state index in [0.717, 1.165) is 0 Å². The summed E-state index contributed by atoms with van der Waals surface area (Å²) < 4.78 is 11.2. The SMILES string of the molecule is CN=C(NCCC(=O)NC(C)C)NCC(C)Oc1ccccc1OC.I. The van der Waals surface area contributed by atoms with Crippen LogP contribution in [0.4, 0.5) is 0 Å². The second kappa shape index (κ2) is 13.5. The van der Waals surface area contributed by atoms with E-state index in [1.54, 1.807) is 14.2 Å². The summed E-state index contributed by atoms with van der Waals surface area (Å²) in [5.41, 5.74) is 0. The number of benzene rings is 1. The van der Waals surface area contributed by atoms with Gasteiger partial charge in [0.2, 0.25) is 5.91 Å². The molecule has 0 aliphatic rings. The van der Waals surface area contributed by atoms with Crippen LogP contribution < -0.4 is 25.4 Å². The number of rotatable bonds is 9. The van der Waals surface area contributed by atoms with Gasteiger partial charge in [-0.25, -0.2) is 0 Å². The summed E-state index contributed by atoms with van der Waals surface area (Å²) in [5.74, 6) is 2.05. The lowest BCUT2D eigenvalue weighted by molar-refractivity contribution is -0.121. The molecule has 0 saturated heterocycles. The van der Waals surface area contributed by atoms with Gasteiger partial charge < -0.3 is 25.4 Å². The van der Waals surface area contributed by atoms with Crippen LogP contribution in [0.1, 0.15) is 27.2 Å². The van der Waals surface area contributed by atoms with Crippen molar-refractivity contribution in [2.24, 2.45) is 4.99 Å². The second-order valence-electron chi connectivity index (χ2n) is 5.93. The Labute approximate surface area is 173 Å². The normalized spacial score (nSPS) is 12.0. The minimum absolute atomic E-state index is 0. The van der Waals surface area contributed by atoms with Gasteiger partial charge in [0.05, 0.1) is 13.7 Å². The van der Waals surface area contributed by atoms with Gasteiger partial charge in [-0.15, -0.1) is 24.0 Å². The van der Waals surface area contributed by atoms with Gasteiger partial charge in [-0.3, -0.25) is 9.79 Å². The largest absolute Gasteiger partial charge is 0.493 e. The number of aliphatic imine (C=N–C) groups is 1. The quantitative estimate of drug-likeness (QED) is 0.288. The number of halogens is 1. The molecular formula is C18H31IN4O3. The van der Waals surface area contributed by atoms with Crippen molar-refractivity contribution in [3.05, 3.63) is 24.3 Å². The number of guanidine groups is 1. The number of nitrogens with zero attached hydrogens (tertiary/aromatic N) is 1. The molecule has 0 saturated carbocycles. The Kier molecular flexibility index (Phi) is 12.6. The maximum Gasteiger partial charge on any atom is 0.221 e. The highest BCUT2D eigenvalue weighted by molar-refractivity contribution is 14.0. The molecule has 0 fully saturated rings. The number of nitrogens with one attached hydrogen (secondary N) is 3. The first-order valence-electron chi connectivity index (χ1n) is 8.49. The predicted molar refractivity (Wildman–Crippen MR) is 116 cm³/mol. The minimum atomic E-state index is -0.0842. The minimum Gasteiger partial charge on any atom is -0.493 e. The maximum atomic E-state index is 11.6. The first-order chi connectivity index (χ1) is 12.0. The zero-order chi connectivity index (χ0) is 18.7. The van der Waals surface area contributed by atoms with Crippen molar-refractivity contribution in [2.75, 3.05) is 27.2 Å². The third kappa shape index (κ3) is 9.69. The standard InChI is InChI=1S/C18H30N4O3.HI/c1-13(2)22-17(23)10-11-20-18(19-4)21-12-14(3)25-16-9-7-6-8-15(16)24-5;/h6-9,13-14H,10-12H2,1-5H3,(H,22,23)(H2,19,20,21);1H. The molecule has 0 aromatic heterocycles. The summed E-state index contributed by atoms with van der Waals surface area (Å²) in [4.78, 5) is 15.8. The Morgan fingerprint density at radius 2 is 1.81 bits per heavy atom. The predicted octanol–water partition coefficient (Wildman–Crippen LogP) is 2.16. The van der Waals surface area contributed by atoms with Gasteiger partial charge in [-0.2, -0.15) is 0 Å². The van der Waals surface area contributed by atoms with Crippen molar-refractivity contribution in [2.45, 2.75) is 39.3 Å². The molecule has 1 unspecified atom stereocenters. The Morgan fingerprint density at radius 1 is 1.15 bits per heavy atom. The molecule has 0 bridgehead atoms. The summed E-state index contributed by atoms with van der Waals surface area (Å²) in [6.07, 6.45) is 0.311. The highest BCUT2D eigenvalue weighted by Gasteiger charge is 2.09. The van der Waals surface area contributed by atoms with Crippen LogP contribution in [0.25, 0.3) is 0 Å². The molecule has 0 heterocycles. The van der Waals surface area contributed by atoms with Gasteiger partial charge in [-0.05, 0) is 32.9 Å². The number of amides is 1. The van der Waals surface area contributed by atoms with Crippen molar-refractivity contribution >= 4 is 35.8 Å². The number of carbonyl (C=O) groups is 1. The lowest BCUT2D eigenvalue weighted by Crippen LogP contribution is -2.43. The molecule has 0 aliphatic carbocycles. The van der Waals surface area contributed by atoms with Gasteiger partial charge >= 0.3 is 0 Å². The molecule has 7 nitrogen and oxygen atoms in total. The van der Waals surface area contributed by atoms with E-state index in [9.17, 15) is 4.79 Å². The van der Waals surface area contributed by atoms with Crippen molar-refractivity contribution in [1.29, 1.82) is 0 Å². The van der Waals surface area contributed by atoms with Crippen LogP contribution in [0.15, 0.2) is 29.3 Å². The van der Waals surface area contributed by atoms with Crippen molar-refractivity contribution in [3.63, 3.8) is 0 Å². The molecule has 0 aliphatic heterocycles. The fourth-order valence-electron chi connectivity index (χ4n) is 2.12. The van der Waals surface area contributed by atoms with E-state index < -0.39 is 0 Å². The summed E-state index contributed by atoms with van der Waals surface area (Å²) in [5, 5.41) is 9.15. The first-order valence-corrected chi connectivity index (χ1v) is 8.49. The monoisotopic (exact) mass is 478 g/mol. The van der Waals surface area contributed by atoms with Gasteiger partial charge in [0.1, 0.15) is 6.10 Å². The van der Waals surface area contributed by atoms with Crippen molar-refractivity contribution in [1.82, 2.24) is 16.0 Å².